The lowest BCUT2D eigenvalue weighted by Crippen LogP contribution is -2.09. The average molecular weight is 344 g/mol. The van der Waals surface area contributed by atoms with Gasteiger partial charge < -0.3 is 10.1 Å². The third-order valence-electron chi connectivity index (χ3n) is 3.53. The predicted octanol–water partition coefficient (Wildman–Crippen LogP) is 3.54. The number of aryl methyl sites for hydroxylation is 1. The van der Waals surface area contributed by atoms with Crippen LogP contribution in [0.2, 0.25) is 5.02 Å². The van der Waals surface area contributed by atoms with Crippen molar-refractivity contribution < 1.29 is 4.74 Å². The Morgan fingerprint density at radius 3 is 2.79 bits per heavy atom. The van der Waals surface area contributed by atoms with Crippen LogP contribution in [0.3, 0.4) is 0 Å². The molecule has 24 heavy (non-hydrogen) atoms. The molecule has 6 nitrogen and oxygen atoms in total. The summed E-state index contributed by atoms with van der Waals surface area (Å²) in [7, 11) is 0. The Hall–Kier alpha value is -2.60. The fourth-order valence-corrected chi connectivity index (χ4v) is 2.48. The molecule has 0 aliphatic rings. The first kappa shape index (κ1) is 16.3. The van der Waals surface area contributed by atoms with E-state index in [9.17, 15) is 0 Å². The van der Waals surface area contributed by atoms with E-state index in [1.165, 1.54) is 0 Å². The Balaban J connectivity index is 1.71. The molecule has 0 fully saturated rings. The summed E-state index contributed by atoms with van der Waals surface area (Å²) in [6.45, 7) is 3.70. The SMILES string of the molecule is CCn1nnnc1NCc1cc(Cl)ccc1OCc1ccccc1. The summed E-state index contributed by atoms with van der Waals surface area (Å²) in [4.78, 5) is 0. The quantitative estimate of drug-likeness (QED) is 0.710. The van der Waals surface area contributed by atoms with Crippen molar-refractivity contribution in [1.82, 2.24) is 20.2 Å². The van der Waals surface area contributed by atoms with E-state index in [-0.39, 0.29) is 0 Å². The monoisotopic (exact) mass is 343 g/mol. The normalized spacial score (nSPS) is 10.6. The van der Waals surface area contributed by atoms with Gasteiger partial charge in [0.25, 0.3) is 0 Å². The Kier molecular flexibility index (Phi) is 5.28. The van der Waals surface area contributed by atoms with Gasteiger partial charge in [0.15, 0.2) is 0 Å². The molecule has 0 bridgehead atoms. The smallest absolute Gasteiger partial charge is 0.243 e. The zero-order valence-electron chi connectivity index (χ0n) is 13.3. The van der Waals surface area contributed by atoms with Crippen molar-refractivity contribution in [3.63, 3.8) is 0 Å². The minimum atomic E-state index is 0.502. The van der Waals surface area contributed by atoms with E-state index >= 15 is 0 Å². The molecule has 2 aromatic carbocycles. The van der Waals surface area contributed by atoms with Crippen LogP contribution in [0.15, 0.2) is 48.5 Å². The molecule has 0 amide bonds. The molecule has 124 valence electrons. The molecular formula is C17H18ClN5O. The number of halogens is 1. The van der Waals surface area contributed by atoms with Gasteiger partial charge in [-0.25, -0.2) is 4.68 Å². The molecule has 1 aromatic heterocycles. The van der Waals surface area contributed by atoms with Gasteiger partial charge in [-0.05, 0) is 41.1 Å². The van der Waals surface area contributed by atoms with Crippen LogP contribution in [0.4, 0.5) is 5.95 Å². The summed E-state index contributed by atoms with van der Waals surface area (Å²) in [6.07, 6.45) is 0. The van der Waals surface area contributed by atoms with Gasteiger partial charge in [0.1, 0.15) is 12.4 Å². The lowest BCUT2D eigenvalue weighted by Gasteiger charge is -2.13. The predicted molar refractivity (Wildman–Crippen MR) is 93.0 cm³/mol. The fraction of sp³-hybridized carbons (Fsp3) is 0.235. The molecule has 0 atom stereocenters. The molecule has 0 aliphatic carbocycles. The van der Waals surface area contributed by atoms with E-state index in [2.05, 4.69) is 20.8 Å². The van der Waals surface area contributed by atoms with Crippen LogP contribution < -0.4 is 10.1 Å². The minimum absolute atomic E-state index is 0.502. The van der Waals surface area contributed by atoms with Crippen molar-refractivity contribution in [3.05, 3.63) is 64.7 Å². The number of ether oxygens (including phenoxy) is 1. The second-order valence-electron chi connectivity index (χ2n) is 5.20. The highest BCUT2D eigenvalue weighted by molar-refractivity contribution is 6.30. The molecule has 3 aromatic rings. The van der Waals surface area contributed by atoms with E-state index in [1.54, 1.807) is 4.68 Å². The van der Waals surface area contributed by atoms with Gasteiger partial charge in [-0.15, -0.1) is 0 Å². The van der Waals surface area contributed by atoms with Crippen LogP contribution in [0.25, 0.3) is 0 Å². The zero-order chi connectivity index (χ0) is 16.8. The number of hydrogen-bond acceptors (Lipinski definition) is 5. The number of rotatable bonds is 7. The van der Waals surface area contributed by atoms with Gasteiger partial charge in [-0.3, -0.25) is 0 Å². The summed E-state index contributed by atoms with van der Waals surface area (Å²) in [5, 5.41) is 15.4. The first-order chi connectivity index (χ1) is 11.8. The summed E-state index contributed by atoms with van der Waals surface area (Å²) >= 11 is 6.12. The number of hydrogen-bond donors (Lipinski definition) is 1. The third-order valence-corrected chi connectivity index (χ3v) is 3.76. The van der Waals surface area contributed by atoms with Gasteiger partial charge >= 0.3 is 0 Å². The molecule has 7 heteroatoms. The molecule has 0 saturated carbocycles. The number of tetrazole rings is 1. The summed E-state index contributed by atoms with van der Waals surface area (Å²) in [6, 6.07) is 15.6. The topological polar surface area (TPSA) is 64.9 Å². The van der Waals surface area contributed by atoms with E-state index in [0.717, 1.165) is 16.9 Å². The van der Waals surface area contributed by atoms with Crippen LogP contribution in [0.1, 0.15) is 18.1 Å². The van der Waals surface area contributed by atoms with Crippen LogP contribution >= 0.6 is 11.6 Å². The standard InChI is InChI=1S/C17H18ClN5O/c1-2-23-17(20-21-22-23)19-11-14-10-15(18)8-9-16(14)24-12-13-6-4-3-5-7-13/h3-10H,2,11-12H2,1H3,(H,19,20,22). The lowest BCUT2D eigenvalue weighted by atomic mass is 10.2. The number of anilines is 1. The van der Waals surface area contributed by atoms with Gasteiger partial charge in [0, 0.05) is 23.7 Å². The lowest BCUT2D eigenvalue weighted by molar-refractivity contribution is 0.303. The van der Waals surface area contributed by atoms with E-state index in [4.69, 9.17) is 16.3 Å². The second-order valence-corrected chi connectivity index (χ2v) is 5.63. The minimum Gasteiger partial charge on any atom is -0.489 e. The van der Waals surface area contributed by atoms with Crippen molar-refractivity contribution in [1.29, 1.82) is 0 Å². The summed E-state index contributed by atoms with van der Waals surface area (Å²) in [5.74, 6) is 1.40. The first-order valence-corrected chi connectivity index (χ1v) is 8.09. The maximum atomic E-state index is 6.12. The fourth-order valence-electron chi connectivity index (χ4n) is 2.28. The molecule has 0 radical (unpaired) electrons. The van der Waals surface area contributed by atoms with Crippen molar-refractivity contribution in [2.24, 2.45) is 0 Å². The van der Waals surface area contributed by atoms with Gasteiger partial charge in [0.2, 0.25) is 5.95 Å². The Bertz CT molecular complexity index is 791. The Morgan fingerprint density at radius 1 is 1.17 bits per heavy atom. The number of benzene rings is 2. The average Bonchev–Trinajstić information content (AvgIpc) is 3.07. The molecule has 1 heterocycles. The molecule has 1 N–H and O–H groups in total. The first-order valence-electron chi connectivity index (χ1n) is 7.71. The van der Waals surface area contributed by atoms with Gasteiger partial charge in [-0.1, -0.05) is 47.0 Å². The van der Waals surface area contributed by atoms with Crippen LogP contribution in [0.5, 0.6) is 5.75 Å². The van der Waals surface area contributed by atoms with E-state index in [0.29, 0.717) is 30.7 Å². The van der Waals surface area contributed by atoms with Crippen molar-refractivity contribution in [3.8, 4) is 5.75 Å². The molecule has 0 aliphatic heterocycles. The Labute approximate surface area is 145 Å². The van der Waals surface area contributed by atoms with Gasteiger partial charge in [0.05, 0.1) is 0 Å². The highest BCUT2D eigenvalue weighted by atomic mass is 35.5. The second kappa shape index (κ2) is 7.79. The van der Waals surface area contributed by atoms with Crippen LogP contribution in [0, 0.1) is 0 Å². The van der Waals surface area contributed by atoms with E-state index in [1.807, 2.05) is 55.5 Å². The van der Waals surface area contributed by atoms with Crippen molar-refractivity contribution >= 4 is 17.5 Å². The Morgan fingerprint density at radius 2 is 2.00 bits per heavy atom. The number of aromatic nitrogens is 4. The molecule has 0 unspecified atom stereocenters. The molecular weight excluding hydrogens is 326 g/mol. The number of nitrogens with zero attached hydrogens (tertiary/aromatic N) is 4. The highest BCUT2D eigenvalue weighted by Crippen LogP contribution is 2.24. The van der Waals surface area contributed by atoms with E-state index < -0.39 is 0 Å². The maximum Gasteiger partial charge on any atom is 0.243 e. The van der Waals surface area contributed by atoms with Gasteiger partial charge in [-0.2, -0.15) is 0 Å². The highest BCUT2D eigenvalue weighted by Gasteiger charge is 2.08. The molecule has 3 rings (SSSR count). The third kappa shape index (κ3) is 4.02. The largest absolute Gasteiger partial charge is 0.489 e. The van der Waals surface area contributed by atoms with Crippen LogP contribution in [-0.2, 0) is 19.7 Å². The van der Waals surface area contributed by atoms with Crippen LogP contribution in [-0.4, -0.2) is 20.2 Å². The maximum absolute atomic E-state index is 6.12. The summed E-state index contributed by atoms with van der Waals surface area (Å²) < 4.78 is 7.64. The zero-order valence-corrected chi connectivity index (χ0v) is 14.1. The molecule has 0 spiro atoms. The van der Waals surface area contributed by atoms with Crippen molar-refractivity contribution in [2.75, 3.05) is 5.32 Å². The van der Waals surface area contributed by atoms with Crippen molar-refractivity contribution in [2.45, 2.75) is 26.6 Å². The summed E-state index contributed by atoms with van der Waals surface area (Å²) in [5.41, 5.74) is 2.06. The molecule has 0 saturated heterocycles. The number of nitrogens with one attached hydrogen (secondary N) is 1.